The van der Waals surface area contributed by atoms with E-state index in [9.17, 15) is 19.2 Å². The Hall–Kier alpha value is -2.56. The first-order valence-electron chi connectivity index (χ1n) is 6.49. The fourth-order valence-corrected chi connectivity index (χ4v) is 2.25. The highest BCUT2D eigenvalue weighted by Crippen LogP contribution is 2.26. The van der Waals surface area contributed by atoms with Crippen molar-refractivity contribution < 1.29 is 23.9 Å². The van der Waals surface area contributed by atoms with Crippen molar-refractivity contribution in [3.8, 4) is 0 Å². The van der Waals surface area contributed by atoms with Crippen LogP contribution in [0.4, 0.5) is 0 Å². The van der Waals surface area contributed by atoms with Crippen molar-refractivity contribution in [2.24, 2.45) is 5.92 Å². The Bertz CT molecular complexity index is 656. The molecule has 2 rings (SSSR count). The average molecular weight is 286 g/mol. The molecule has 0 amide bonds. The SMILES string of the molecule is C=C(C(=O)c1ccccc1C(C)=O)C1CCC(=O)OC1=O. The van der Waals surface area contributed by atoms with Crippen LogP contribution in [0.5, 0.6) is 0 Å². The summed E-state index contributed by atoms with van der Waals surface area (Å²) >= 11 is 0. The zero-order chi connectivity index (χ0) is 15.6. The zero-order valence-electron chi connectivity index (χ0n) is 11.5. The van der Waals surface area contributed by atoms with Crippen LogP contribution in [0, 0.1) is 5.92 Å². The molecule has 108 valence electrons. The molecule has 21 heavy (non-hydrogen) atoms. The molecule has 5 heteroatoms. The molecule has 0 aromatic heterocycles. The Labute approximate surface area is 121 Å². The second-order valence-corrected chi connectivity index (χ2v) is 4.84. The largest absolute Gasteiger partial charge is 0.393 e. The van der Waals surface area contributed by atoms with Gasteiger partial charge in [0.05, 0.1) is 5.92 Å². The molecule has 0 bridgehead atoms. The van der Waals surface area contributed by atoms with E-state index < -0.39 is 23.6 Å². The molecule has 0 aliphatic carbocycles. The highest BCUT2D eigenvalue weighted by molar-refractivity contribution is 6.16. The van der Waals surface area contributed by atoms with Crippen molar-refractivity contribution >= 4 is 23.5 Å². The number of cyclic esters (lactones) is 2. The fraction of sp³-hybridized carbons (Fsp3) is 0.250. The summed E-state index contributed by atoms with van der Waals surface area (Å²) < 4.78 is 4.53. The molecule has 5 nitrogen and oxygen atoms in total. The number of Topliss-reactive ketones (excluding diaryl/α,β-unsaturated/α-hetero) is 2. The normalized spacial score (nSPS) is 18.0. The van der Waals surface area contributed by atoms with E-state index in [2.05, 4.69) is 11.3 Å². The summed E-state index contributed by atoms with van der Waals surface area (Å²) in [6.07, 6.45) is 0.265. The van der Waals surface area contributed by atoms with E-state index in [1.165, 1.54) is 13.0 Å². The molecule has 0 N–H and O–H groups in total. The maximum absolute atomic E-state index is 12.5. The topological polar surface area (TPSA) is 77.5 Å². The monoisotopic (exact) mass is 286 g/mol. The quantitative estimate of drug-likeness (QED) is 0.366. The van der Waals surface area contributed by atoms with Crippen LogP contribution in [0.3, 0.4) is 0 Å². The zero-order valence-corrected chi connectivity index (χ0v) is 11.5. The minimum atomic E-state index is -0.838. The van der Waals surface area contributed by atoms with Gasteiger partial charge in [0.15, 0.2) is 11.6 Å². The second-order valence-electron chi connectivity index (χ2n) is 4.84. The van der Waals surface area contributed by atoms with Gasteiger partial charge in [-0.15, -0.1) is 0 Å². The van der Waals surface area contributed by atoms with E-state index in [1.807, 2.05) is 0 Å². The van der Waals surface area contributed by atoms with Gasteiger partial charge in [-0.3, -0.25) is 19.2 Å². The van der Waals surface area contributed by atoms with E-state index in [-0.39, 0.29) is 35.3 Å². The number of hydrogen-bond donors (Lipinski definition) is 0. The van der Waals surface area contributed by atoms with Crippen LogP contribution in [-0.4, -0.2) is 23.5 Å². The molecule has 1 fully saturated rings. The third-order valence-electron chi connectivity index (χ3n) is 3.40. The Morgan fingerprint density at radius 3 is 2.38 bits per heavy atom. The van der Waals surface area contributed by atoms with Crippen LogP contribution in [0.1, 0.15) is 40.5 Å². The molecule has 1 unspecified atom stereocenters. The molecule has 1 heterocycles. The lowest BCUT2D eigenvalue weighted by Gasteiger charge is -2.21. The highest BCUT2D eigenvalue weighted by atomic mass is 16.6. The summed E-state index contributed by atoms with van der Waals surface area (Å²) in [4.78, 5) is 46.7. The predicted molar refractivity (Wildman–Crippen MR) is 73.7 cm³/mol. The van der Waals surface area contributed by atoms with Gasteiger partial charge in [-0.25, -0.2) is 0 Å². The molecule has 1 aromatic carbocycles. The van der Waals surface area contributed by atoms with E-state index in [0.29, 0.717) is 0 Å². The lowest BCUT2D eigenvalue weighted by atomic mass is 9.86. The van der Waals surface area contributed by atoms with Gasteiger partial charge in [-0.1, -0.05) is 30.8 Å². The summed E-state index contributed by atoms with van der Waals surface area (Å²) in [6.45, 7) is 5.02. The van der Waals surface area contributed by atoms with Gasteiger partial charge in [-0.2, -0.15) is 0 Å². The molecule has 1 saturated heterocycles. The number of carbonyl (C=O) groups excluding carboxylic acids is 4. The molecule has 0 radical (unpaired) electrons. The van der Waals surface area contributed by atoms with E-state index >= 15 is 0 Å². The molecule has 1 atom stereocenters. The number of esters is 2. The summed E-state index contributed by atoms with van der Waals surface area (Å²) in [6, 6.07) is 6.36. The molecular formula is C16H14O5. The van der Waals surface area contributed by atoms with Gasteiger partial charge >= 0.3 is 11.9 Å². The number of benzene rings is 1. The first-order chi connectivity index (χ1) is 9.91. The van der Waals surface area contributed by atoms with E-state index in [4.69, 9.17) is 0 Å². The van der Waals surface area contributed by atoms with Crippen molar-refractivity contribution in [3.05, 3.63) is 47.5 Å². The number of ether oxygens (including phenoxy) is 1. The molecule has 1 aromatic rings. The van der Waals surface area contributed by atoms with Gasteiger partial charge < -0.3 is 4.74 Å². The Morgan fingerprint density at radius 2 is 1.81 bits per heavy atom. The third kappa shape index (κ3) is 2.97. The summed E-state index contributed by atoms with van der Waals surface area (Å²) in [7, 11) is 0. The van der Waals surface area contributed by atoms with Crippen LogP contribution in [0.15, 0.2) is 36.4 Å². The highest BCUT2D eigenvalue weighted by Gasteiger charge is 2.34. The minimum absolute atomic E-state index is 0.0428. The Balaban J connectivity index is 2.28. The summed E-state index contributed by atoms with van der Waals surface area (Å²) in [5.41, 5.74) is 0.532. The summed E-state index contributed by atoms with van der Waals surface area (Å²) in [5.74, 6) is -2.91. The van der Waals surface area contributed by atoms with Gasteiger partial charge in [0, 0.05) is 23.1 Å². The van der Waals surface area contributed by atoms with Gasteiger partial charge in [-0.05, 0) is 13.3 Å². The van der Waals surface area contributed by atoms with Crippen LogP contribution < -0.4 is 0 Å². The number of ketones is 2. The van der Waals surface area contributed by atoms with Crippen molar-refractivity contribution in [2.45, 2.75) is 19.8 Å². The lowest BCUT2D eigenvalue weighted by molar-refractivity contribution is -0.166. The fourth-order valence-electron chi connectivity index (χ4n) is 2.25. The standard InChI is InChI=1S/C16H14O5/c1-9(11-7-8-14(18)21-16(11)20)15(19)13-6-4-3-5-12(13)10(2)17/h3-6,11H,1,7-8H2,2H3. The first kappa shape index (κ1) is 14.8. The van der Waals surface area contributed by atoms with Gasteiger partial charge in [0.25, 0.3) is 0 Å². The Kier molecular flexibility index (Phi) is 4.12. The van der Waals surface area contributed by atoms with Crippen LogP contribution in [-0.2, 0) is 14.3 Å². The number of rotatable bonds is 4. The van der Waals surface area contributed by atoms with Gasteiger partial charge in [0.2, 0.25) is 0 Å². The molecular weight excluding hydrogens is 272 g/mol. The lowest BCUT2D eigenvalue weighted by Crippen LogP contribution is -2.31. The Morgan fingerprint density at radius 1 is 1.19 bits per heavy atom. The van der Waals surface area contributed by atoms with Crippen molar-refractivity contribution in [3.63, 3.8) is 0 Å². The van der Waals surface area contributed by atoms with Crippen LogP contribution >= 0.6 is 0 Å². The number of carbonyl (C=O) groups is 4. The molecule has 1 aliphatic heterocycles. The predicted octanol–water partition coefficient (Wildman–Crippen LogP) is 2.11. The number of hydrogen-bond acceptors (Lipinski definition) is 5. The van der Waals surface area contributed by atoms with Crippen LogP contribution in [0.25, 0.3) is 0 Å². The maximum atomic E-state index is 12.5. The molecule has 1 aliphatic rings. The van der Waals surface area contributed by atoms with Crippen molar-refractivity contribution in [1.29, 1.82) is 0 Å². The first-order valence-corrected chi connectivity index (χ1v) is 6.49. The van der Waals surface area contributed by atoms with Crippen molar-refractivity contribution in [2.75, 3.05) is 0 Å². The van der Waals surface area contributed by atoms with E-state index in [0.717, 1.165) is 0 Å². The minimum Gasteiger partial charge on any atom is -0.393 e. The molecule has 0 saturated carbocycles. The molecule has 0 spiro atoms. The van der Waals surface area contributed by atoms with Gasteiger partial charge in [0.1, 0.15) is 0 Å². The van der Waals surface area contributed by atoms with Crippen molar-refractivity contribution in [1.82, 2.24) is 0 Å². The van der Waals surface area contributed by atoms with Crippen LogP contribution in [0.2, 0.25) is 0 Å². The summed E-state index contributed by atoms with van der Waals surface area (Å²) in [5, 5.41) is 0. The smallest absolute Gasteiger partial charge is 0.321 e. The average Bonchev–Trinajstić information content (AvgIpc) is 2.45. The third-order valence-corrected chi connectivity index (χ3v) is 3.40. The second kappa shape index (κ2) is 5.83. The maximum Gasteiger partial charge on any atom is 0.321 e. The van der Waals surface area contributed by atoms with E-state index in [1.54, 1.807) is 18.2 Å².